The number of aromatic nitrogens is 2. The van der Waals surface area contributed by atoms with Crippen molar-refractivity contribution in [1.29, 1.82) is 0 Å². The van der Waals surface area contributed by atoms with Crippen LogP contribution in [0.4, 0.5) is 4.39 Å². The molecule has 6 heteroatoms. The number of fused-ring (bicyclic) bond motifs is 1. The van der Waals surface area contributed by atoms with E-state index in [2.05, 4.69) is 10.3 Å². The van der Waals surface area contributed by atoms with Gasteiger partial charge in [0, 0.05) is 18.2 Å². The molecular weight excluding hydrogens is 369 g/mol. The average Bonchev–Trinajstić information content (AvgIpc) is 3.08. The van der Waals surface area contributed by atoms with Crippen molar-refractivity contribution in [2.75, 3.05) is 7.11 Å². The largest absolute Gasteiger partial charge is 0.497 e. The highest BCUT2D eigenvalue weighted by atomic mass is 19.1. The van der Waals surface area contributed by atoms with E-state index in [0.717, 1.165) is 33.9 Å². The van der Waals surface area contributed by atoms with Gasteiger partial charge in [-0.3, -0.25) is 9.36 Å². The third-order valence-electron chi connectivity index (χ3n) is 4.76. The van der Waals surface area contributed by atoms with Crippen LogP contribution in [0.1, 0.15) is 21.7 Å². The molecule has 3 aromatic carbocycles. The fourth-order valence-electron chi connectivity index (χ4n) is 3.30. The zero-order chi connectivity index (χ0) is 20.4. The van der Waals surface area contributed by atoms with E-state index in [1.807, 2.05) is 41.8 Å². The van der Waals surface area contributed by atoms with Gasteiger partial charge in [0.15, 0.2) is 0 Å². The molecule has 0 aliphatic carbocycles. The Morgan fingerprint density at radius 1 is 1.10 bits per heavy atom. The molecule has 0 aliphatic rings. The van der Waals surface area contributed by atoms with Gasteiger partial charge >= 0.3 is 0 Å². The van der Waals surface area contributed by atoms with Crippen molar-refractivity contribution in [3.8, 4) is 11.4 Å². The summed E-state index contributed by atoms with van der Waals surface area (Å²) in [7, 11) is 1.63. The fraction of sp³-hybridized carbons (Fsp3) is 0.130. The van der Waals surface area contributed by atoms with Crippen LogP contribution in [-0.2, 0) is 6.54 Å². The second-order valence-electron chi connectivity index (χ2n) is 6.71. The number of nitrogens with one attached hydrogen (secondary N) is 1. The number of methoxy groups -OCH3 is 1. The lowest BCUT2D eigenvalue weighted by atomic mass is 10.1. The van der Waals surface area contributed by atoms with Crippen LogP contribution in [0.2, 0.25) is 0 Å². The maximum absolute atomic E-state index is 13.0. The van der Waals surface area contributed by atoms with Gasteiger partial charge < -0.3 is 10.1 Å². The van der Waals surface area contributed by atoms with Crippen LogP contribution in [0.3, 0.4) is 0 Å². The van der Waals surface area contributed by atoms with Crippen molar-refractivity contribution in [1.82, 2.24) is 14.9 Å². The van der Waals surface area contributed by atoms with Gasteiger partial charge in [0.05, 0.1) is 23.8 Å². The molecule has 29 heavy (non-hydrogen) atoms. The first kappa shape index (κ1) is 18.7. The Bertz CT molecular complexity index is 1180. The highest BCUT2D eigenvalue weighted by Gasteiger charge is 2.13. The standard InChI is InChI=1S/C23H20FN3O2/c1-15-26-21-12-17(23(28)25-14-16-6-9-18(24)10-7-16)8-11-22(21)27(15)19-4-3-5-20(13-19)29-2/h3-13H,14H2,1-2H3,(H,25,28). The normalized spacial score (nSPS) is 10.9. The van der Waals surface area contributed by atoms with Crippen molar-refractivity contribution in [3.05, 3.63) is 89.5 Å². The quantitative estimate of drug-likeness (QED) is 0.550. The predicted octanol–water partition coefficient (Wildman–Crippen LogP) is 4.41. The summed E-state index contributed by atoms with van der Waals surface area (Å²) in [4.78, 5) is 17.2. The number of benzene rings is 3. The summed E-state index contributed by atoms with van der Waals surface area (Å²) in [6.07, 6.45) is 0. The van der Waals surface area contributed by atoms with Crippen LogP contribution < -0.4 is 10.1 Å². The number of rotatable bonds is 5. The minimum Gasteiger partial charge on any atom is -0.497 e. The summed E-state index contributed by atoms with van der Waals surface area (Å²) in [6, 6.07) is 19.2. The molecule has 0 atom stereocenters. The number of carbonyl (C=O) groups is 1. The van der Waals surface area contributed by atoms with E-state index in [1.165, 1.54) is 12.1 Å². The predicted molar refractivity (Wildman–Crippen MR) is 110 cm³/mol. The van der Waals surface area contributed by atoms with Crippen molar-refractivity contribution < 1.29 is 13.9 Å². The lowest BCUT2D eigenvalue weighted by Crippen LogP contribution is -2.22. The Morgan fingerprint density at radius 2 is 1.90 bits per heavy atom. The second-order valence-corrected chi connectivity index (χ2v) is 6.71. The van der Waals surface area contributed by atoms with Gasteiger partial charge in [0.1, 0.15) is 17.4 Å². The third-order valence-corrected chi connectivity index (χ3v) is 4.76. The smallest absolute Gasteiger partial charge is 0.251 e. The zero-order valence-corrected chi connectivity index (χ0v) is 16.1. The van der Waals surface area contributed by atoms with E-state index in [9.17, 15) is 9.18 Å². The van der Waals surface area contributed by atoms with Gasteiger partial charge in [-0.15, -0.1) is 0 Å². The number of nitrogens with zero attached hydrogens (tertiary/aromatic N) is 2. The lowest BCUT2D eigenvalue weighted by Gasteiger charge is -2.09. The second kappa shape index (κ2) is 7.75. The highest BCUT2D eigenvalue weighted by Crippen LogP contribution is 2.24. The van der Waals surface area contributed by atoms with Gasteiger partial charge in [-0.1, -0.05) is 18.2 Å². The molecule has 1 aromatic heterocycles. The van der Waals surface area contributed by atoms with Crippen molar-refractivity contribution in [3.63, 3.8) is 0 Å². The minimum atomic E-state index is -0.299. The number of imidazole rings is 1. The number of carbonyl (C=O) groups excluding carboxylic acids is 1. The molecule has 0 radical (unpaired) electrons. The van der Waals surface area contributed by atoms with Crippen molar-refractivity contribution in [2.24, 2.45) is 0 Å². The van der Waals surface area contributed by atoms with Gasteiger partial charge in [0.25, 0.3) is 5.91 Å². The van der Waals surface area contributed by atoms with E-state index in [0.29, 0.717) is 12.1 Å². The highest BCUT2D eigenvalue weighted by molar-refractivity contribution is 5.97. The summed E-state index contributed by atoms with van der Waals surface area (Å²) in [5.41, 5.74) is 3.94. The van der Waals surface area contributed by atoms with E-state index < -0.39 is 0 Å². The van der Waals surface area contributed by atoms with Crippen LogP contribution in [-0.4, -0.2) is 22.6 Å². The molecule has 4 aromatic rings. The summed E-state index contributed by atoms with van der Waals surface area (Å²) < 4.78 is 20.3. The number of hydrogen-bond donors (Lipinski definition) is 1. The Balaban J connectivity index is 1.59. The Kier molecular flexibility index (Phi) is 4.99. The fourth-order valence-corrected chi connectivity index (χ4v) is 3.30. The van der Waals surface area contributed by atoms with Crippen molar-refractivity contribution >= 4 is 16.9 Å². The summed E-state index contributed by atoms with van der Waals surface area (Å²) >= 11 is 0. The minimum absolute atomic E-state index is 0.204. The van der Waals surface area contributed by atoms with E-state index in [4.69, 9.17) is 4.74 Å². The average molecular weight is 389 g/mol. The monoisotopic (exact) mass is 389 g/mol. The first-order valence-corrected chi connectivity index (χ1v) is 9.21. The van der Waals surface area contributed by atoms with Gasteiger partial charge in [-0.2, -0.15) is 0 Å². The number of hydrogen-bond acceptors (Lipinski definition) is 3. The molecule has 1 amide bonds. The molecule has 146 valence electrons. The van der Waals surface area contributed by atoms with Gasteiger partial charge in [-0.05, 0) is 55.0 Å². The molecule has 1 N–H and O–H groups in total. The third kappa shape index (κ3) is 3.82. The van der Waals surface area contributed by atoms with E-state index >= 15 is 0 Å². The number of amides is 1. The number of ether oxygens (including phenoxy) is 1. The first-order valence-electron chi connectivity index (χ1n) is 9.21. The summed E-state index contributed by atoms with van der Waals surface area (Å²) in [5.74, 6) is 1.08. The molecule has 1 heterocycles. The van der Waals surface area contributed by atoms with Crippen LogP contribution in [0.5, 0.6) is 5.75 Å². The molecule has 4 rings (SSSR count). The summed E-state index contributed by atoms with van der Waals surface area (Å²) in [5, 5.41) is 2.86. The molecule has 0 unspecified atom stereocenters. The Morgan fingerprint density at radius 3 is 2.66 bits per heavy atom. The number of aryl methyl sites for hydroxylation is 1. The van der Waals surface area contributed by atoms with Gasteiger partial charge in [0.2, 0.25) is 0 Å². The Hall–Kier alpha value is -3.67. The summed E-state index contributed by atoms with van der Waals surface area (Å²) in [6.45, 7) is 2.25. The first-order chi connectivity index (χ1) is 14.0. The SMILES string of the molecule is COc1cccc(-n2c(C)nc3cc(C(=O)NCc4ccc(F)cc4)ccc32)c1. The molecule has 5 nitrogen and oxygen atoms in total. The van der Waals surface area contributed by atoms with Crippen LogP contribution in [0.25, 0.3) is 16.7 Å². The van der Waals surface area contributed by atoms with Gasteiger partial charge in [-0.25, -0.2) is 9.37 Å². The van der Waals surface area contributed by atoms with Crippen LogP contribution in [0, 0.1) is 12.7 Å². The van der Waals surface area contributed by atoms with Crippen molar-refractivity contribution in [2.45, 2.75) is 13.5 Å². The molecule has 0 bridgehead atoms. The molecule has 0 saturated carbocycles. The lowest BCUT2D eigenvalue weighted by molar-refractivity contribution is 0.0951. The van der Waals surface area contributed by atoms with Crippen LogP contribution in [0.15, 0.2) is 66.7 Å². The van der Waals surface area contributed by atoms with E-state index in [1.54, 1.807) is 31.4 Å². The molecule has 0 fully saturated rings. The molecular formula is C23H20FN3O2. The maximum atomic E-state index is 13.0. The van der Waals surface area contributed by atoms with Crippen LogP contribution >= 0.6 is 0 Å². The maximum Gasteiger partial charge on any atom is 0.251 e. The molecule has 0 spiro atoms. The zero-order valence-electron chi connectivity index (χ0n) is 16.1. The topological polar surface area (TPSA) is 56.2 Å². The van der Waals surface area contributed by atoms with E-state index in [-0.39, 0.29) is 11.7 Å². The molecule has 0 aliphatic heterocycles. The Labute approximate surface area is 167 Å². The number of halogens is 1. The molecule has 0 saturated heterocycles.